The largest absolute Gasteiger partial charge is 0.368 e. The number of ether oxygens (including phenoxy) is 1. The van der Waals surface area contributed by atoms with Gasteiger partial charge < -0.3 is 15.0 Å². The minimum Gasteiger partial charge on any atom is -0.368 e. The van der Waals surface area contributed by atoms with E-state index in [0.717, 1.165) is 0 Å². The van der Waals surface area contributed by atoms with Crippen LogP contribution in [0.25, 0.3) is 0 Å². The van der Waals surface area contributed by atoms with Crippen molar-refractivity contribution in [1.29, 1.82) is 0 Å². The molecule has 2 unspecified atom stereocenters. The average molecular weight is 337 g/mol. The smallest absolute Gasteiger partial charge is 0.249 e. The maximum Gasteiger partial charge on any atom is 0.249 e. The lowest BCUT2D eigenvalue weighted by atomic mass is 10.2. The van der Waals surface area contributed by atoms with Gasteiger partial charge in [0.15, 0.2) is 0 Å². The van der Waals surface area contributed by atoms with Crippen LogP contribution in [0.5, 0.6) is 0 Å². The Balaban J connectivity index is 1.93. The maximum absolute atomic E-state index is 12.5. The van der Waals surface area contributed by atoms with E-state index in [1.807, 2.05) is 12.1 Å². The summed E-state index contributed by atoms with van der Waals surface area (Å²) in [5.41, 5.74) is 0.672. The highest BCUT2D eigenvalue weighted by Crippen LogP contribution is 2.28. The van der Waals surface area contributed by atoms with E-state index in [9.17, 15) is 9.59 Å². The standard InChI is InChI=1S/C17H21ClN2O3/c1-3-4-11-23-12(2)16(21)19-14-9-10-20(17(14)22)15-8-6-5-7-13(15)18/h3,5-8,12,14H,1,4,9-11H2,2H3,(H,19,21). The first-order valence-corrected chi connectivity index (χ1v) is 8.01. The average Bonchev–Trinajstić information content (AvgIpc) is 2.89. The van der Waals surface area contributed by atoms with Gasteiger partial charge in [-0.1, -0.05) is 29.8 Å². The number of nitrogens with zero attached hydrogens (tertiary/aromatic N) is 1. The van der Waals surface area contributed by atoms with Gasteiger partial charge in [0, 0.05) is 6.54 Å². The van der Waals surface area contributed by atoms with Crippen LogP contribution >= 0.6 is 11.6 Å². The fourth-order valence-electron chi connectivity index (χ4n) is 2.42. The van der Waals surface area contributed by atoms with E-state index in [0.29, 0.717) is 36.7 Å². The number of halogens is 1. The summed E-state index contributed by atoms with van der Waals surface area (Å²) in [6.07, 6.45) is 2.36. The number of anilines is 1. The molecule has 0 spiro atoms. The van der Waals surface area contributed by atoms with Gasteiger partial charge in [0.2, 0.25) is 11.8 Å². The Morgan fingerprint density at radius 2 is 2.30 bits per heavy atom. The van der Waals surface area contributed by atoms with Crippen molar-refractivity contribution in [3.63, 3.8) is 0 Å². The van der Waals surface area contributed by atoms with Gasteiger partial charge in [0.05, 0.1) is 17.3 Å². The SMILES string of the molecule is C=CCCOC(C)C(=O)NC1CCN(c2ccccc2Cl)C1=O. The molecule has 2 atom stereocenters. The van der Waals surface area contributed by atoms with E-state index in [4.69, 9.17) is 16.3 Å². The molecule has 0 radical (unpaired) electrons. The van der Waals surface area contributed by atoms with Crippen molar-refractivity contribution in [2.24, 2.45) is 0 Å². The van der Waals surface area contributed by atoms with Crippen molar-refractivity contribution in [1.82, 2.24) is 5.32 Å². The van der Waals surface area contributed by atoms with Crippen LogP contribution < -0.4 is 10.2 Å². The number of benzene rings is 1. The van der Waals surface area contributed by atoms with Gasteiger partial charge >= 0.3 is 0 Å². The molecule has 0 aliphatic carbocycles. The molecule has 1 heterocycles. The first-order valence-electron chi connectivity index (χ1n) is 7.63. The Morgan fingerprint density at radius 3 is 3.00 bits per heavy atom. The van der Waals surface area contributed by atoms with Crippen molar-refractivity contribution in [2.75, 3.05) is 18.1 Å². The molecule has 6 heteroatoms. The predicted octanol–water partition coefficient (Wildman–Crippen LogP) is 2.54. The molecule has 1 aliphatic heterocycles. The van der Waals surface area contributed by atoms with E-state index >= 15 is 0 Å². The first kappa shape index (κ1) is 17.5. The van der Waals surface area contributed by atoms with E-state index in [-0.39, 0.29) is 11.8 Å². The Labute approximate surface area is 141 Å². The lowest BCUT2D eigenvalue weighted by Gasteiger charge is -2.19. The molecular weight excluding hydrogens is 316 g/mol. The van der Waals surface area contributed by atoms with Gasteiger partial charge in [0.1, 0.15) is 12.1 Å². The fourth-order valence-corrected chi connectivity index (χ4v) is 2.65. The van der Waals surface area contributed by atoms with E-state index in [2.05, 4.69) is 11.9 Å². The zero-order chi connectivity index (χ0) is 16.8. The zero-order valence-electron chi connectivity index (χ0n) is 13.1. The maximum atomic E-state index is 12.5. The molecule has 124 valence electrons. The monoisotopic (exact) mass is 336 g/mol. The number of carbonyl (C=O) groups excluding carboxylic acids is 2. The van der Waals surface area contributed by atoms with Gasteiger partial charge in [-0.25, -0.2) is 0 Å². The normalized spacial score (nSPS) is 18.8. The van der Waals surface area contributed by atoms with Crippen LogP contribution in [0.2, 0.25) is 5.02 Å². The molecular formula is C17H21ClN2O3. The quantitative estimate of drug-likeness (QED) is 0.615. The molecule has 2 rings (SSSR count). The van der Waals surface area contributed by atoms with Crippen LogP contribution in [0.15, 0.2) is 36.9 Å². The second kappa shape index (κ2) is 8.13. The Bertz CT molecular complexity index is 591. The van der Waals surface area contributed by atoms with Gasteiger partial charge in [0.25, 0.3) is 0 Å². The van der Waals surface area contributed by atoms with Crippen molar-refractivity contribution in [3.05, 3.63) is 41.9 Å². The minimum absolute atomic E-state index is 0.148. The molecule has 1 N–H and O–H groups in total. The Kier molecular flexibility index (Phi) is 6.19. The molecule has 1 fully saturated rings. The summed E-state index contributed by atoms with van der Waals surface area (Å²) in [6.45, 7) is 6.23. The third kappa shape index (κ3) is 4.33. The molecule has 1 aromatic carbocycles. The molecule has 2 amide bonds. The summed E-state index contributed by atoms with van der Waals surface area (Å²) in [5.74, 6) is -0.432. The predicted molar refractivity (Wildman–Crippen MR) is 90.6 cm³/mol. The number of nitrogens with one attached hydrogen (secondary N) is 1. The van der Waals surface area contributed by atoms with Crippen molar-refractivity contribution in [2.45, 2.75) is 31.9 Å². The highest BCUT2D eigenvalue weighted by Gasteiger charge is 2.35. The van der Waals surface area contributed by atoms with Crippen LogP contribution in [0.4, 0.5) is 5.69 Å². The zero-order valence-corrected chi connectivity index (χ0v) is 13.9. The van der Waals surface area contributed by atoms with Gasteiger partial charge in [-0.3, -0.25) is 9.59 Å². The molecule has 5 nitrogen and oxygen atoms in total. The first-order chi connectivity index (χ1) is 11.0. The van der Waals surface area contributed by atoms with Gasteiger partial charge in [-0.2, -0.15) is 0 Å². The number of carbonyl (C=O) groups is 2. The van der Waals surface area contributed by atoms with Crippen LogP contribution in [0, 0.1) is 0 Å². The van der Waals surface area contributed by atoms with E-state index in [1.165, 1.54) is 0 Å². The summed E-state index contributed by atoms with van der Waals surface area (Å²) in [5, 5.41) is 3.27. The molecule has 0 saturated carbocycles. The molecule has 0 bridgehead atoms. The lowest BCUT2D eigenvalue weighted by Crippen LogP contribution is -2.45. The number of para-hydroxylation sites is 1. The topological polar surface area (TPSA) is 58.6 Å². The third-order valence-electron chi connectivity index (χ3n) is 3.72. The van der Waals surface area contributed by atoms with Gasteiger partial charge in [-0.15, -0.1) is 6.58 Å². The number of hydrogen-bond acceptors (Lipinski definition) is 3. The highest BCUT2D eigenvalue weighted by molar-refractivity contribution is 6.34. The molecule has 1 aliphatic rings. The summed E-state index contributed by atoms with van der Waals surface area (Å²) < 4.78 is 5.39. The van der Waals surface area contributed by atoms with Crippen molar-refractivity contribution < 1.29 is 14.3 Å². The molecule has 1 aromatic rings. The molecule has 1 saturated heterocycles. The van der Waals surface area contributed by atoms with Crippen molar-refractivity contribution >= 4 is 29.1 Å². The van der Waals surface area contributed by atoms with Gasteiger partial charge in [-0.05, 0) is 31.9 Å². The van der Waals surface area contributed by atoms with Crippen LogP contribution in [0.1, 0.15) is 19.8 Å². The van der Waals surface area contributed by atoms with Crippen LogP contribution in [-0.4, -0.2) is 37.1 Å². The van der Waals surface area contributed by atoms with E-state index in [1.54, 1.807) is 30.0 Å². The Morgan fingerprint density at radius 1 is 1.57 bits per heavy atom. The second-order valence-corrected chi connectivity index (χ2v) is 5.79. The number of amides is 2. The Hall–Kier alpha value is -1.85. The number of rotatable bonds is 7. The summed E-state index contributed by atoms with van der Waals surface area (Å²) in [6, 6.07) is 6.64. The molecule has 0 aromatic heterocycles. The summed E-state index contributed by atoms with van der Waals surface area (Å²) in [4.78, 5) is 26.2. The van der Waals surface area contributed by atoms with Crippen molar-refractivity contribution in [3.8, 4) is 0 Å². The highest BCUT2D eigenvalue weighted by atomic mass is 35.5. The third-order valence-corrected chi connectivity index (χ3v) is 4.04. The minimum atomic E-state index is -0.600. The number of hydrogen-bond donors (Lipinski definition) is 1. The van der Waals surface area contributed by atoms with E-state index < -0.39 is 12.1 Å². The lowest BCUT2D eigenvalue weighted by molar-refractivity contribution is -0.134. The second-order valence-electron chi connectivity index (χ2n) is 5.38. The summed E-state index contributed by atoms with van der Waals surface area (Å²) in [7, 11) is 0. The fraction of sp³-hybridized carbons (Fsp3) is 0.412. The summed E-state index contributed by atoms with van der Waals surface area (Å²) >= 11 is 6.14. The molecule has 23 heavy (non-hydrogen) atoms. The van der Waals surface area contributed by atoms with Crippen LogP contribution in [-0.2, 0) is 14.3 Å². The van der Waals surface area contributed by atoms with Crippen LogP contribution in [0.3, 0.4) is 0 Å².